The molecular formula is C19H18N2O3S. The Bertz CT molecular complexity index is 935. The summed E-state index contributed by atoms with van der Waals surface area (Å²) in [5.41, 5.74) is 2.14. The van der Waals surface area contributed by atoms with E-state index >= 15 is 0 Å². The van der Waals surface area contributed by atoms with Crippen LogP contribution in [0.3, 0.4) is 0 Å². The van der Waals surface area contributed by atoms with Crippen LogP contribution in [0.15, 0.2) is 42.5 Å². The molecule has 3 aromatic rings. The second kappa shape index (κ2) is 6.37. The largest absolute Gasteiger partial charge is 0.485 e. The normalized spacial score (nSPS) is 16.2. The van der Waals surface area contributed by atoms with Crippen LogP contribution in [0.4, 0.5) is 5.13 Å². The maximum Gasteiger partial charge on any atom is 0.270 e. The van der Waals surface area contributed by atoms with Crippen molar-refractivity contribution in [2.45, 2.75) is 25.9 Å². The molecule has 1 aromatic heterocycles. The maximum atomic E-state index is 12.5. The Morgan fingerprint density at radius 3 is 2.84 bits per heavy atom. The predicted molar refractivity (Wildman–Crippen MR) is 98.7 cm³/mol. The number of amides is 1. The van der Waals surface area contributed by atoms with Crippen LogP contribution in [0.25, 0.3) is 10.2 Å². The zero-order valence-electron chi connectivity index (χ0n) is 14.0. The molecule has 4 rings (SSSR count). The van der Waals surface area contributed by atoms with Crippen molar-refractivity contribution >= 4 is 32.6 Å². The summed E-state index contributed by atoms with van der Waals surface area (Å²) in [5, 5.41) is 3.42. The molecule has 128 valence electrons. The fourth-order valence-electron chi connectivity index (χ4n) is 2.69. The Balaban J connectivity index is 1.50. The number of nitrogens with zero attached hydrogens (tertiary/aromatic N) is 1. The molecule has 6 heteroatoms. The first kappa shape index (κ1) is 15.9. The average Bonchev–Trinajstić information content (AvgIpc) is 3.02. The number of carbonyl (C=O) groups is 1. The predicted octanol–water partition coefficient (Wildman–Crippen LogP) is 4.20. The van der Waals surface area contributed by atoms with Crippen molar-refractivity contribution in [3.05, 3.63) is 48.0 Å². The van der Waals surface area contributed by atoms with Gasteiger partial charge in [-0.25, -0.2) is 4.98 Å². The van der Waals surface area contributed by atoms with Gasteiger partial charge in [0.15, 0.2) is 16.6 Å². The van der Waals surface area contributed by atoms with E-state index in [9.17, 15) is 4.79 Å². The van der Waals surface area contributed by atoms with E-state index in [0.29, 0.717) is 22.5 Å². The van der Waals surface area contributed by atoms with Crippen molar-refractivity contribution in [3.8, 4) is 11.5 Å². The number of rotatable bonds is 3. The fourth-order valence-corrected chi connectivity index (χ4v) is 3.61. The highest BCUT2D eigenvalue weighted by atomic mass is 32.1. The van der Waals surface area contributed by atoms with Gasteiger partial charge in [0, 0.05) is 0 Å². The Hall–Kier alpha value is -2.60. The van der Waals surface area contributed by atoms with Gasteiger partial charge >= 0.3 is 0 Å². The minimum Gasteiger partial charge on any atom is -0.485 e. The molecule has 0 radical (unpaired) electrons. The van der Waals surface area contributed by atoms with Crippen molar-refractivity contribution in [2.24, 2.45) is 0 Å². The highest BCUT2D eigenvalue weighted by Crippen LogP contribution is 2.32. The quantitative estimate of drug-likeness (QED) is 0.766. The molecular weight excluding hydrogens is 336 g/mol. The van der Waals surface area contributed by atoms with Crippen LogP contribution in [0.1, 0.15) is 25.3 Å². The van der Waals surface area contributed by atoms with Gasteiger partial charge in [-0.2, -0.15) is 0 Å². The molecule has 25 heavy (non-hydrogen) atoms. The van der Waals surface area contributed by atoms with Crippen LogP contribution >= 0.6 is 11.3 Å². The summed E-state index contributed by atoms with van der Waals surface area (Å²) in [6.45, 7) is 4.50. The van der Waals surface area contributed by atoms with Gasteiger partial charge < -0.3 is 9.47 Å². The van der Waals surface area contributed by atoms with Crippen molar-refractivity contribution in [1.29, 1.82) is 0 Å². The highest BCUT2D eigenvalue weighted by molar-refractivity contribution is 7.22. The molecule has 0 spiro atoms. The van der Waals surface area contributed by atoms with Gasteiger partial charge in [-0.15, -0.1) is 0 Å². The lowest BCUT2D eigenvalue weighted by molar-refractivity contribution is -0.125. The van der Waals surface area contributed by atoms with E-state index in [4.69, 9.17) is 9.47 Å². The zero-order valence-corrected chi connectivity index (χ0v) is 14.8. The third-order valence-corrected chi connectivity index (χ3v) is 5.04. The third kappa shape index (κ3) is 3.17. The number of ether oxygens (including phenoxy) is 2. The summed E-state index contributed by atoms with van der Waals surface area (Å²) in [6, 6.07) is 13.5. The van der Waals surface area contributed by atoms with Crippen molar-refractivity contribution < 1.29 is 14.3 Å². The number of hydrogen-bond donors (Lipinski definition) is 1. The number of carbonyl (C=O) groups excluding carboxylic acids is 1. The van der Waals surface area contributed by atoms with Gasteiger partial charge in [-0.3, -0.25) is 10.1 Å². The Kier molecular flexibility index (Phi) is 4.05. The number of benzene rings is 2. The van der Waals surface area contributed by atoms with E-state index in [1.165, 1.54) is 16.9 Å². The molecule has 1 amide bonds. The number of nitrogens with one attached hydrogen (secondary N) is 1. The van der Waals surface area contributed by atoms with Gasteiger partial charge in [0.2, 0.25) is 6.10 Å². The second-order valence-corrected chi connectivity index (χ2v) is 7.29. The van der Waals surface area contributed by atoms with Gasteiger partial charge in [0.05, 0.1) is 10.2 Å². The lowest BCUT2D eigenvalue weighted by Gasteiger charge is -2.25. The molecule has 2 heterocycles. The third-order valence-electron chi connectivity index (χ3n) is 4.11. The van der Waals surface area contributed by atoms with E-state index in [2.05, 4.69) is 36.3 Å². The fraction of sp³-hybridized carbons (Fsp3) is 0.263. The topological polar surface area (TPSA) is 60.5 Å². The average molecular weight is 354 g/mol. The first-order valence-corrected chi connectivity index (χ1v) is 9.01. The van der Waals surface area contributed by atoms with E-state index < -0.39 is 6.10 Å². The van der Waals surface area contributed by atoms with Gasteiger partial charge in [0.1, 0.15) is 6.61 Å². The number of anilines is 1. The molecule has 0 saturated carbocycles. The minimum atomic E-state index is -0.687. The first-order chi connectivity index (χ1) is 12.1. The van der Waals surface area contributed by atoms with E-state index in [1.54, 1.807) is 6.07 Å². The lowest BCUT2D eigenvalue weighted by atomic mass is 10.0. The molecule has 0 saturated heterocycles. The van der Waals surface area contributed by atoms with Crippen LogP contribution < -0.4 is 14.8 Å². The van der Waals surface area contributed by atoms with Crippen molar-refractivity contribution in [3.63, 3.8) is 0 Å². The van der Waals surface area contributed by atoms with Crippen LogP contribution in [-0.2, 0) is 4.79 Å². The van der Waals surface area contributed by atoms with Crippen LogP contribution in [-0.4, -0.2) is 23.6 Å². The molecule has 1 N–H and O–H groups in total. The Morgan fingerprint density at radius 2 is 2.04 bits per heavy atom. The van der Waals surface area contributed by atoms with E-state index in [1.807, 2.05) is 24.3 Å². The maximum absolute atomic E-state index is 12.5. The summed E-state index contributed by atoms with van der Waals surface area (Å²) < 4.78 is 12.4. The molecule has 0 bridgehead atoms. The van der Waals surface area contributed by atoms with Crippen molar-refractivity contribution in [1.82, 2.24) is 4.98 Å². The summed E-state index contributed by atoms with van der Waals surface area (Å²) in [6.07, 6.45) is -0.687. The van der Waals surface area contributed by atoms with Crippen LogP contribution in [0, 0.1) is 0 Å². The molecule has 1 atom stereocenters. The van der Waals surface area contributed by atoms with Gasteiger partial charge in [-0.05, 0) is 35.7 Å². The van der Waals surface area contributed by atoms with E-state index in [-0.39, 0.29) is 12.5 Å². The molecule has 5 nitrogen and oxygen atoms in total. The number of thiazole rings is 1. The number of para-hydroxylation sites is 2. The standard InChI is InChI=1S/C19H18N2O3S/c1-11(2)12-7-8-13-17(9-12)25-19(20-13)21-18(22)16-10-23-14-5-3-4-6-15(14)24-16/h3-9,11,16H,10H2,1-2H3,(H,20,21,22). The summed E-state index contributed by atoms with van der Waals surface area (Å²) in [5.74, 6) is 1.45. The number of aromatic nitrogens is 1. The number of fused-ring (bicyclic) bond motifs is 2. The minimum absolute atomic E-state index is 0.186. The van der Waals surface area contributed by atoms with Gasteiger partial charge in [-0.1, -0.05) is 43.4 Å². The summed E-state index contributed by atoms with van der Waals surface area (Å²) >= 11 is 1.47. The molecule has 0 aliphatic carbocycles. The highest BCUT2D eigenvalue weighted by Gasteiger charge is 2.28. The molecule has 2 aromatic carbocycles. The lowest BCUT2D eigenvalue weighted by Crippen LogP contribution is -2.40. The Morgan fingerprint density at radius 1 is 1.24 bits per heavy atom. The van der Waals surface area contributed by atoms with Crippen LogP contribution in [0.5, 0.6) is 11.5 Å². The molecule has 1 unspecified atom stereocenters. The monoisotopic (exact) mass is 354 g/mol. The Labute approximate surface area is 149 Å². The smallest absolute Gasteiger partial charge is 0.270 e. The molecule has 1 aliphatic heterocycles. The summed E-state index contributed by atoms with van der Waals surface area (Å²) in [4.78, 5) is 17.0. The summed E-state index contributed by atoms with van der Waals surface area (Å²) in [7, 11) is 0. The van der Waals surface area contributed by atoms with E-state index in [0.717, 1.165) is 10.2 Å². The molecule has 1 aliphatic rings. The SMILES string of the molecule is CC(C)c1ccc2nc(NC(=O)C3COc4ccccc4O3)sc2c1. The first-order valence-electron chi connectivity index (χ1n) is 8.20. The zero-order chi connectivity index (χ0) is 17.4. The van der Waals surface area contributed by atoms with Gasteiger partial charge in [0.25, 0.3) is 5.91 Å². The second-order valence-electron chi connectivity index (χ2n) is 6.25. The molecule has 0 fully saturated rings. The number of hydrogen-bond acceptors (Lipinski definition) is 5. The van der Waals surface area contributed by atoms with Crippen molar-refractivity contribution in [2.75, 3.05) is 11.9 Å². The van der Waals surface area contributed by atoms with Crippen LogP contribution in [0.2, 0.25) is 0 Å².